The van der Waals surface area contributed by atoms with Crippen LogP contribution in [0.1, 0.15) is 77.8 Å². The molecule has 0 aliphatic heterocycles. The number of benzene rings is 1. The van der Waals surface area contributed by atoms with Gasteiger partial charge < -0.3 is 9.84 Å². The zero-order valence-corrected chi connectivity index (χ0v) is 20.7. The molecular formula is C24H37IO4. The van der Waals surface area contributed by atoms with Crippen LogP contribution in [-0.4, -0.2) is 26.6 Å². The maximum absolute atomic E-state index is 12.8. The predicted octanol–water partition coefficient (Wildman–Crippen LogP) is 6.22. The average molecular weight is 516 g/mol. The van der Waals surface area contributed by atoms with Crippen LogP contribution in [0.25, 0.3) is 0 Å². The molecule has 3 atom stereocenters. The van der Waals surface area contributed by atoms with Crippen LogP contribution in [0.3, 0.4) is 0 Å². The summed E-state index contributed by atoms with van der Waals surface area (Å²) in [6.07, 6.45) is 5.54. The minimum atomic E-state index is -0.832. The van der Waals surface area contributed by atoms with E-state index in [2.05, 4.69) is 60.7 Å². The van der Waals surface area contributed by atoms with Crippen LogP contribution in [0, 0.1) is 11.8 Å². The lowest BCUT2D eigenvalue weighted by Crippen LogP contribution is -2.35. The third-order valence-corrected chi connectivity index (χ3v) is 6.43. The zero-order valence-electron chi connectivity index (χ0n) is 18.5. The number of carbonyl (C=O) groups excluding carboxylic acids is 1. The van der Waals surface area contributed by atoms with Gasteiger partial charge in [0.2, 0.25) is 0 Å². The summed E-state index contributed by atoms with van der Waals surface area (Å²) in [7, 11) is 0. The number of hydrogen-bond donors (Lipinski definition) is 1. The van der Waals surface area contributed by atoms with Gasteiger partial charge in [0.05, 0.1) is 11.8 Å². The van der Waals surface area contributed by atoms with Crippen molar-refractivity contribution >= 4 is 34.5 Å². The maximum Gasteiger partial charge on any atom is 0.310 e. The fourth-order valence-electron chi connectivity index (χ4n) is 3.40. The van der Waals surface area contributed by atoms with Crippen molar-refractivity contribution in [2.75, 3.05) is 0 Å². The Hall–Kier alpha value is -1.11. The molecule has 0 radical (unpaired) electrons. The van der Waals surface area contributed by atoms with Gasteiger partial charge in [-0.3, -0.25) is 9.59 Å². The summed E-state index contributed by atoms with van der Waals surface area (Å²) < 4.78 is 5.68. The molecule has 0 saturated carbocycles. The van der Waals surface area contributed by atoms with Crippen molar-refractivity contribution in [2.24, 2.45) is 11.8 Å². The van der Waals surface area contributed by atoms with Gasteiger partial charge in [-0.25, -0.2) is 0 Å². The van der Waals surface area contributed by atoms with Crippen LogP contribution in [-0.2, 0) is 27.2 Å². The molecule has 0 bridgehead atoms. The number of aliphatic carboxylic acids is 1. The standard InChI is InChI=1S/C24H37IO4/c1-6-8-17-10-12-18(13-11-17)14-15-19(22(26)27)16-20(21(25)9-7-2)23(28)29-24(3,4)5/h10-13,19-21H,6-9,14-16H2,1-5H3,(H,26,27). The van der Waals surface area contributed by atoms with Gasteiger partial charge in [-0.1, -0.05) is 73.5 Å². The van der Waals surface area contributed by atoms with Crippen LogP contribution in [0.2, 0.25) is 0 Å². The normalized spacial score (nSPS) is 14.8. The second kappa shape index (κ2) is 12.6. The highest BCUT2D eigenvalue weighted by Crippen LogP contribution is 2.30. The van der Waals surface area contributed by atoms with Crippen LogP contribution >= 0.6 is 22.6 Å². The highest BCUT2D eigenvalue weighted by Gasteiger charge is 2.34. The van der Waals surface area contributed by atoms with Gasteiger partial charge in [-0.15, -0.1) is 0 Å². The SMILES string of the molecule is CCCc1ccc(CCC(CC(C(=O)OC(C)(C)C)C(I)CCC)C(=O)O)cc1. The Kier molecular flexibility index (Phi) is 11.2. The van der Waals surface area contributed by atoms with E-state index >= 15 is 0 Å². The summed E-state index contributed by atoms with van der Waals surface area (Å²) in [6, 6.07) is 8.43. The van der Waals surface area contributed by atoms with E-state index in [-0.39, 0.29) is 9.89 Å². The second-order valence-corrected chi connectivity index (χ2v) is 10.4. The Labute approximate surface area is 189 Å². The number of aryl methyl sites for hydroxylation is 2. The number of carbonyl (C=O) groups is 2. The van der Waals surface area contributed by atoms with E-state index in [1.807, 2.05) is 20.8 Å². The minimum Gasteiger partial charge on any atom is -0.481 e. The molecule has 0 spiro atoms. The molecule has 1 rings (SSSR count). The molecule has 29 heavy (non-hydrogen) atoms. The summed E-state index contributed by atoms with van der Waals surface area (Å²) in [5.41, 5.74) is 1.88. The Morgan fingerprint density at radius 3 is 2.00 bits per heavy atom. The average Bonchev–Trinajstić information content (AvgIpc) is 2.61. The molecule has 0 amide bonds. The fourth-order valence-corrected chi connectivity index (χ4v) is 4.61. The zero-order chi connectivity index (χ0) is 22.0. The number of ether oxygens (including phenoxy) is 1. The predicted molar refractivity (Wildman–Crippen MR) is 127 cm³/mol. The van der Waals surface area contributed by atoms with E-state index < -0.39 is 23.4 Å². The van der Waals surface area contributed by atoms with Gasteiger partial charge in [-0.2, -0.15) is 0 Å². The molecule has 3 unspecified atom stereocenters. The molecule has 0 heterocycles. The van der Waals surface area contributed by atoms with E-state index in [9.17, 15) is 14.7 Å². The Morgan fingerprint density at radius 2 is 1.55 bits per heavy atom. The van der Waals surface area contributed by atoms with Crippen molar-refractivity contribution in [3.05, 3.63) is 35.4 Å². The van der Waals surface area contributed by atoms with E-state index in [4.69, 9.17) is 4.74 Å². The van der Waals surface area contributed by atoms with Gasteiger partial charge in [0.1, 0.15) is 5.60 Å². The molecule has 0 aliphatic rings. The van der Waals surface area contributed by atoms with E-state index in [0.29, 0.717) is 19.3 Å². The first-order valence-electron chi connectivity index (χ1n) is 10.7. The third-order valence-electron chi connectivity index (χ3n) is 4.94. The quantitative estimate of drug-likeness (QED) is 0.203. The summed E-state index contributed by atoms with van der Waals surface area (Å²) in [5.74, 6) is -2.07. The largest absolute Gasteiger partial charge is 0.481 e. The van der Waals surface area contributed by atoms with Gasteiger partial charge in [-0.05, 0) is 64.0 Å². The second-order valence-electron chi connectivity index (χ2n) is 8.82. The molecule has 1 aromatic rings. The van der Waals surface area contributed by atoms with E-state index in [1.165, 1.54) is 5.56 Å². The smallest absolute Gasteiger partial charge is 0.310 e. The van der Waals surface area contributed by atoms with Gasteiger partial charge in [0, 0.05) is 3.92 Å². The minimum absolute atomic E-state index is 0.0719. The summed E-state index contributed by atoms with van der Waals surface area (Å²) in [6.45, 7) is 9.78. The lowest BCUT2D eigenvalue weighted by molar-refractivity contribution is -0.161. The number of hydrogen-bond acceptors (Lipinski definition) is 3. The highest BCUT2D eigenvalue weighted by atomic mass is 127. The number of carboxylic acids is 1. The monoisotopic (exact) mass is 516 g/mol. The Balaban J connectivity index is 2.84. The number of carboxylic acid groups (broad SMARTS) is 1. The fraction of sp³-hybridized carbons (Fsp3) is 0.667. The summed E-state index contributed by atoms with van der Waals surface area (Å²) in [4.78, 5) is 24.7. The molecule has 4 nitrogen and oxygen atoms in total. The summed E-state index contributed by atoms with van der Waals surface area (Å²) in [5, 5.41) is 9.79. The van der Waals surface area contributed by atoms with E-state index in [0.717, 1.165) is 31.2 Å². The first-order chi connectivity index (χ1) is 13.6. The van der Waals surface area contributed by atoms with Crippen molar-refractivity contribution in [1.29, 1.82) is 0 Å². The Bertz CT molecular complexity index is 633. The first kappa shape index (κ1) is 25.9. The van der Waals surface area contributed by atoms with Crippen LogP contribution in [0.4, 0.5) is 0 Å². The molecule has 0 fully saturated rings. The highest BCUT2D eigenvalue weighted by molar-refractivity contribution is 14.1. The third kappa shape index (κ3) is 9.96. The van der Waals surface area contributed by atoms with Crippen molar-refractivity contribution in [3.8, 4) is 0 Å². The van der Waals surface area contributed by atoms with Gasteiger partial charge in [0.15, 0.2) is 0 Å². The first-order valence-corrected chi connectivity index (χ1v) is 12.0. The van der Waals surface area contributed by atoms with Gasteiger partial charge >= 0.3 is 11.9 Å². The van der Waals surface area contributed by atoms with Crippen molar-refractivity contribution in [1.82, 2.24) is 0 Å². The van der Waals surface area contributed by atoms with Crippen LogP contribution in [0.15, 0.2) is 24.3 Å². The topological polar surface area (TPSA) is 63.6 Å². The molecular weight excluding hydrogens is 479 g/mol. The number of rotatable bonds is 12. The van der Waals surface area contributed by atoms with Crippen LogP contribution < -0.4 is 0 Å². The Morgan fingerprint density at radius 1 is 1.00 bits per heavy atom. The molecule has 0 aromatic heterocycles. The van der Waals surface area contributed by atoms with Crippen LogP contribution in [0.5, 0.6) is 0 Å². The van der Waals surface area contributed by atoms with Crippen molar-refractivity contribution in [2.45, 2.75) is 89.1 Å². The molecule has 5 heteroatoms. The molecule has 1 N–H and O–H groups in total. The molecule has 164 valence electrons. The van der Waals surface area contributed by atoms with Crippen molar-refractivity contribution < 1.29 is 19.4 Å². The molecule has 1 aromatic carbocycles. The maximum atomic E-state index is 12.8. The number of halogens is 1. The lowest BCUT2D eigenvalue weighted by Gasteiger charge is -2.28. The molecule has 0 aliphatic carbocycles. The lowest BCUT2D eigenvalue weighted by atomic mass is 9.86. The van der Waals surface area contributed by atoms with Gasteiger partial charge in [0.25, 0.3) is 0 Å². The van der Waals surface area contributed by atoms with Crippen molar-refractivity contribution in [3.63, 3.8) is 0 Å². The number of alkyl halides is 1. The summed E-state index contributed by atoms with van der Waals surface area (Å²) >= 11 is 2.28. The molecule has 0 saturated heterocycles. The van der Waals surface area contributed by atoms with E-state index in [1.54, 1.807) is 0 Å². The number of esters is 1.